The monoisotopic (exact) mass is 315 g/mol. The summed E-state index contributed by atoms with van der Waals surface area (Å²) >= 11 is 7.99. The maximum atomic E-state index is 6.27. The minimum atomic E-state index is 0.511. The van der Waals surface area contributed by atoms with Gasteiger partial charge in [0.15, 0.2) is 0 Å². The van der Waals surface area contributed by atoms with Gasteiger partial charge in [0.25, 0.3) is 0 Å². The molecular weight excluding hydrogens is 302 g/mol. The molecule has 2 heterocycles. The van der Waals surface area contributed by atoms with Crippen LogP contribution < -0.4 is 0 Å². The van der Waals surface area contributed by atoms with E-state index in [2.05, 4.69) is 16.0 Å². The molecule has 1 saturated carbocycles. The highest BCUT2D eigenvalue weighted by Crippen LogP contribution is 2.39. The SMILES string of the molecule is Cc1c(Cl)nc(C2CC2)nc1Cc1nc2ccccc2s1. The normalized spacial score (nSPS) is 14.8. The molecule has 0 amide bonds. The number of nitrogens with zero attached hydrogens (tertiary/aromatic N) is 3. The number of aromatic nitrogens is 3. The van der Waals surface area contributed by atoms with Crippen LogP contribution in [0.5, 0.6) is 0 Å². The molecule has 3 nitrogen and oxygen atoms in total. The summed E-state index contributed by atoms with van der Waals surface area (Å²) in [5.74, 6) is 1.42. The summed E-state index contributed by atoms with van der Waals surface area (Å²) in [4.78, 5) is 13.8. The lowest BCUT2D eigenvalue weighted by atomic mass is 10.2. The predicted molar refractivity (Wildman–Crippen MR) is 86.2 cm³/mol. The Morgan fingerprint density at radius 2 is 2.00 bits per heavy atom. The smallest absolute Gasteiger partial charge is 0.135 e. The van der Waals surface area contributed by atoms with Gasteiger partial charge in [-0.1, -0.05) is 23.7 Å². The summed E-state index contributed by atoms with van der Waals surface area (Å²) in [5.41, 5.74) is 3.04. The van der Waals surface area contributed by atoms with E-state index in [1.807, 2.05) is 25.1 Å². The predicted octanol–water partition coefficient (Wildman–Crippen LogP) is 4.52. The molecule has 0 atom stereocenters. The van der Waals surface area contributed by atoms with Gasteiger partial charge < -0.3 is 0 Å². The number of thiazole rings is 1. The van der Waals surface area contributed by atoms with Crippen LogP contribution in [0.2, 0.25) is 5.15 Å². The fraction of sp³-hybridized carbons (Fsp3) is 0.312. The number of rotatable bonds is 3. The van der Waals surface area contributed by atoms with Gasteiger partial charge in [0.05, 0.1) is 20.9 Å². The van der Waals surface area contributed by atoms with E-state index in [4.69, 9.17) is 16.6 Å². The number of hydrogen-bond acceptors (Lipinski definition) is 4. The van der Waals surface area contributed by atoms with Crippen molar-refractivity contribution in [1.29, 1.82) is 0 Å². The third-order valence-corrected chi connectivity index (χ3v) is 5.21. The van der Waals surface area contributed by atoms with Crippen molar-refractivity contribution in [2.24, 2.45) is 0 Å². The van der Waals surface area contributed by atoms with E-state index in [1.54, 1.807) is 11.3 Å². The molecule has 0 bridgehead atoms. The van der Waals surface area contributed by atoms with Crippen molar-refractivity contribution in [1.82, 2.24) is 15.0 Å². The van der Waals surface area contributed by atoms with E-state index >= 15 is 0 Å². The summed E-state index contributed by atoms with van der Waals surface area (Å²) in [6, 6.07) is 8.21. The quantitative estimate of drug-likeness (QED) is 0.667. The van der Waals surface area contributed by atoms with Crippen LogP contribution in [-0.4, -0.2) is 15.0 Å². The lowest BCUT2D eigenvalue weighted by molar-refractivity contribution is 0.872. The molecule has 0 spiro atoms. The number of halogens is 1. The Hall–Kier alpha value is -1.52. The second-order valence-corrected chi connectivity index (χ2v) is 6.94. The molecule has 106 valence electrons. The summed E-state index contributed by atoms with van der Waals surface area (Å²) in [5, 5.41) is 1.67. The molecule has 21 heavy (non-hydrogen) atoms. The molecule has 1 fully saturated rings. The van der Waals surface area contributed by atoms with Gasteiger partial charge in [0, 0.05) is 17.9 Å². The fourth-order valence-electron chi connectivity index (χ4n) is 2.39. The van der Waals surface area contributed by atoms with Crippen molar-refractivity contribution in [2.45, 2.75) is 32.1 Å². The Kier molecular flexibility index (Phi) is 3.16. The van der Waals surface area contributed by atoms with Crippen molar-refractivity contribution in [2.75, 3.05) is 0 Å². The van der Waals surface area contributed by atoms with Crippen molar-refractivity contribution in [3.05, 3.63) is 51.5 Å². The Labute approximate surface area is 132 Å². The highest BCUT2D eigenvalue weighted by atomic mass is 35.5. The first-order valence-electron chi connectivity index (χ1n) is 7.08. The molecule has 1 aliphatic carbocycles. The maximum absolute atomic E-state index is 6.27. The van der Waals surface area contributed by atoms with Gasteiger partial charge in [-0.25, -0.2) is 15.0 Å². The molecule has 0 radical (unpaired) electrons. The number of fused-ring (bicyclic) bond motifs is 1. The van der Waals surface area contributed by atoms with Crippen LogP contribution in [0, 0.1) is 6.92 Å². The van der Waals surface area contributed by atoms with Gasteiger partial charge in [-0.05, 0) is 31.9 Å². The first kappa shape index (κ1) is 13.2. The second kappa shape index (κ2) is 5.04. The minimum Gasteiger partial charge on any atom is -0.241 e. The Balaban J connectivity index is 1.72. The zero-order chi connectivity index (χ0) is 14.4. The molecule has 5 heteroatoms. The zero-order valence-electron chi connectivity index (χ0n) is 11.6. The van der Waals surface area contributed by atoms with Gasteiger partial charge in [0.1, 0.15) is 11.0 Å². The highest BCUT2D eigenvalue weighted by Gasteiger charge is 2.28. The van der Waals surface area contributed by atoms with E-state index in [-0.39, 0.29) is 0 Å². The van der Waals surface area contributed by atoms with Crippen LogP contribution in [0.25, 0.3) is 10.2 Å². The Bertz CT molecular complexity index is 791. The van der Waals surface area contributed by atoms with Crippen molar-refractivity contribution < 1.29 is 0 Å². The average molecular weight is 316 g/mol. The summed E-state index contributed by atoms with van der Waals surface area (Å²) in [6.07, 6.45) is 3.09. The molecule has 0 unspecified atom stereocenters. The Morgan fingerprint density at radius 1 is 1.19 bits per heavy atom. The molecule has 4 rings (SSSR count). The molecule has 1 aliphatic rings. The number of benzene rings is 1. The van der Waals surface area contributed by atoms with Crippen molar-refractivity contribution >= 4 is 33.2 Å². The first-order valence-corrected chi connectivity index (χ1v) is 8.27. The van der Waals surface area contributed by atoms with Gasteiger partial charge in [-0.15, -0.1) is 11.3 Å². The third kappa shape index (κ3) is 2.54. The topological polar surface area (TPSA) is 38.7 Å². The number of para-hydroxylation sites is 1. The largest absolute Gasteiger partial charge is 0.241 e. The molecule has 0 aliphatic heterocycles. The minimum absolute atomic E-state index is 0.511. The van der Waals surface area contributed by atoms with Crippen molar-refractivity contribution in [3.63, 3.8) is 0 Å². The van der Waals surface area contributed by atoms with E-state index in [9.17, 15) is 0 Å². The molecule has 2 aromatic heterocycles. The van der Waals surface area contributed by atoms with E-state index in [0.717, 1.165) is 34.0 Å². The van der Waals surface area contributed by atoms with Gasteiger partial charge in [-0.2, -0.15) is 0 Å². The molecular formula is C16H14ClN3S. The lowest BCUT2D eigenvalue weighted by Gasteiger charge is -2.07. The van der Waals surface area contributed by atoms with Crippen molar-refractivity contribution in [3.8, 4) is 0 Å². The molecule has 0 saturated heterocycles. The zero-order valence-corrected chi connectivity index (χ0v) is 13.2. The second-order valence-electron chi connectivity index (χ2n) is 5.47. The molecule has 3 aromatic rings. The summed E-state index contributed by atoms with van der Waals surface area (Å²) < 4.78 is 1.22. The Morgan fingerprint density at radius 3 is 2.76 bits per heavy atom. The van der Waals surface area contributed by atoms with Crippen LogP contribution in [0.4, 0.5) is 0 Å². The standard InChI is InChI=1S/C16H14ClN3S/c1-9-12(19-16(10-6-7-10)20-15(9)17)8-14-18-11-4-2-3-5-13(11)21-14/h2-5,10H,6-8H2,1H3. The molecule has 1 aromatic carbocycles. The van der Waals surface area contributed by atoms with Gasteiger partial charge in [-0.3, -0.25) is 0 Å². The lowest BCUT2D eigenvalue weighted by Crippen LogP contribution is -2.03. The van der Waals surface area contributed by atoms with E-state index < -0.39 is 0 Å². The molecule has 0 N–H and O–H groups in total. The van der Waals surface area contributed by atoms with E-state index in [0.29, 0.717) is 11.1 Å². The highest BCUT2D eigenvalue weighted by molar-refractivity contribution is 7.18. The van der Waals surface area contributed by atoms with Crippen LogP contribution in [0.1, 0.15) is 40.8 Å². The van der Waals surface area contributed by atoms with Gasteiger partial charge >= 0.3 is 0 Å². The van der Waals surface area contributed by atoms with Crippen LogP contribution in [0.3, 0.4) is 0 Å². The summed E-state index contributed by atoms with van der Waals surface area (Å²) in [6.45, 7) is 1.99. The number of hydrogen-bond donors (Lipinski definition) is 0. The first-order chi connectivity index (χ1) is 10.2. The fourth-order valence-corrected chi connectivity index (χ4v) is 3.55. The van der Waals surface area contributed by atoms with Crippen LogP contribution >= 0.6 is 22.9 Å². The average Bonchev–Trinajstić information content (AvgIpc) is 3.24. The van der Waals surface area contributed by atoms with Crippen LogP contribution in [-0.2, 0) is 6.42 Å². The van der Waals surface area contributed by atoms with Crippen LogP contribution in [0.15, 0.2) is 24.3 Å². The third-order valence-electron chi connectivity index (χ3n) is 3.80. The van der Waals surface area contributed by atoms with Gasteiger partial charge in [0.2, 0.25) is 0 Å². The maximum Gasteiger partial charge on any atom is 0.135 e. The summed E-state index contributed by atoms with van der Waals surface area (Å²) in [7, 11) is 0. The van der Waals surface area contributed by atoms with E-state index in [1.165, 1.54) is 17.5 Å².